The van der Waals surface area contributed by atoms with E-state index in [1.54, 1.807) is 0 Å². The van der Waals surface area contributed by atoms with Gasteiger partial charge >= 0.3 is 0 Å². The maximum Gasteiger partial charge on any atom is 0.218 e. The van der Waals surface area contributed by atoms with E-state index in [0.29, 0.717) is 37.5 Å². The third-order valence-corrected chi connectivity index (χ3v) is 5.42. The number of hydrogen-bond acceptors (Lipinski definition) is 5. The second-order valence-corrected chi connectivity index (χ2v) is 8.90. The zero-order valence-corrected chi connectivity index (χ0v) is 16.0. The van der Waals surface area contributed by atoms with Gasteiger partial charge in [-0.25, -0.2) is 18.3 Å². The third kappa shape index (κ3) is 5.99. The first-order valence-corrected chi connectivity index (χ1v) is 9.57. The third-order valence-electron chi connectivity index (χ3n) is 3.81. The average molecular weight is 374 g/mol. The quantitative estimate of drug-likeness (QED) is 0.795. The molecular weight excluding hydrogens is 347 g/mol. The van der Waals surface area contributed by atoms with Gasteiger partial charge in [0.2, 0.25) is 5.88 Å². The van der Waals surface area contributed by atoms with E-state index in [1.165, 1.54) is 13.2 Å². The van der Waals surface area contributed by atoms with Crippen molar-refractivity contribution in [1.29, 1.82) is 0 Å². The molecule has 0 saturated carbocycles. The highest BCUT2D eigenvalue weighted by Crippen LogP contribution is 2.29. The molecule has 0 bridgehead atoms. The first-order valence-electron chi connectivity index (χ1n) is 8.42. The van der Waals surface area contributed by atoms with Gasteiger partial charge in [0.05, 0.1) is 48.3 Å². The molecule has 1 fully saturated rings. The molecule has 25 heavy (non-hydrogen) atoms. The summed E-state index contributed by atoms with van der Waals surface area (Å²) in [5.41, 5.74) is 0.538. The van der Waals surface area contributed by atoms with Crippen molar-refractivity contribution >= 4 is 11.0 Å². The number of aromatic nitrogens is 1. The lowest BCUT2D eigenvalue weighted by molar-refractivity contribution is -0.182. The zero-order chi connectivity index (χ0) is 18.4. The summed E-state index contributed by atoms with van der Waals surface area (Å²) >= 11 is 0. The minimum atomic E-state index is -1.33. The minimum absolute atomic E-state index is 0.298. The number of halogens is 1. The van der Waals surface area contributed by atoms with Crippen molar-refractivity contribution in [2.75, 3.05) is 20.3 Å². The van der Waals surface area contributed by atoms with Crippen LogP contribution in [0.4, 0.5) is 4.39 Å². The highest BCUT2D eigenvalue weighted by molar-refractivity contribution is 7.84. The fourth-order valence-electron chi connectivity index (χ4n) is 2.45. The number of rotatable bonds is 7. The van der Waals surface area contributed by atoms with Gasteiger partial charge in [0.25, 0.3) is 0 Å². The summed E-state index contributed by atoms with van der Waals surface area (Å²) < 4.78 is 45.3. The lowest BCUT2D eigenvalue weighted by Crippen LogP contribution is -2.36. The monoisotopic (exact) mass is 374 g/mol. The van der Waals surface area contributed by atoms with Crippen LogP contribution >= 0.6 is 0 Å². The van der Waals surface area contributed by atoms with Crippen molar-refractivity contribution < 1.29 is 22.8 Å². The van der Waals surface area contributed by atoms with Gasteiger partial charge in [-0.1, -0.05) is 0 Å². The summed E-state index contributed by atoms with van der Waals surface area (Å²) in [4.78, 5) is 3.98. The van der Waals surface area contributed by atoms with Gasteiger partial charge in [-0.15, -0.1) is 0 Å². The predicted octanol–water partition coefficient (Wildman–Crippen LogP) is 2.87. The molecule has 1 aromatic rings. The summed E-state index contributed by atoms with van der Waals surface area (Å²) in [5, 5.41) is 0. The lowest BCUT2D eigenvalue weighted by atomic mass is 10.0. The van der Waals surface area contributed by atoms with Gasteiger partial charge in [-0.05, 0) is 39.7 Å². The Bertz CT molecular complexity index is 589. The highest BCUT2D eigenvalue weighted by atomic mass is 32.2. The molecule has 1 N–H and O–H groups in total. The average Bonchev–Trinajstić information content (AvgIpc) is 2.58. The van der Waals surface area contributed by atoms with E-state index >= 15 is 0 Å². The Labute approximate surface area is 151 Å². The lowest BCUT2D eigenvalue weighted by Gasteiger charge is -2.28. The predicted molar refractivity (Wildman–Crippen MR) is 94.1 cm³/mol. The molecule has 1 saturated heterocycles. The number of hydrogen-bond donors (Lipinski definition) is 1. The molecule has 2 heterocycles. The Kier molecular flexibility index (Phi) is 7.30. The smallest absolute Gasteiger partial charge is 0.218 e. The van der Waals surface area contributed by atoms with Crippen LogP contribution in [0.25, 0.3) is 0 Å². The van der Waals surface area contributed by atoms with E-state index in [1.807, 2.05) is 20.8 Å². The van der Waals surface area contributed by atoms with E-state index in [4.69, 9.17) is 14.2 Å². The molecule has 2 atom stereocenters. The second-order valence-electron chi connectivity index (χ2n) is 6.91. The molecule has 6 nitrogen and oxygen atoms in total. The van der Waals surface area contributed by atoms with E-state index in [-0.39, 0.29) is 6.29 Å². The molecule has 0 unspecified atom stereocenters. The van der Waals surface area contributed by atoms with Gasteiger partial charge in [-0.2, -0.15) is 0 Å². The SMILES string of the molecule is COc1ncc(F)cc1[C@@H](CCC1OCCCO1)N[S@](=O)C(C)(C)C. The van der Waals surface area contributed by atoms with Gasteiger partial charge in [0, 0.05) is 12.0 Å². The molecule has 0 spiro atoms. The molecule has 0 aromatic carbocycles. The molecule has 0 amide bonds. The van der Waals surface area contributed by atoms with Gasteiger partial charge in [0.15, 0.2) is 6.29 Å². The normalized spacial score (nSPS) is 18.8. The maximum atomic E-state index is 13.7. The number of pyridine rings is 1. The number of nitrogens with one attached hydrogen (secondary N) is 1. The van der Waals surface area contributed by atoms with Crippen LogP contribution in [0.5, 0.6) is 5.88 Å². The molecule has 0 aliphatic carbocycles. The van der Waals surface area contributed by atoms with Crippen molar-refractivity contribution in [3.63, 3.8) is 0 Å². The first kappa shape index (κ1) is 20.2. The molecule has 0 radical (unpaired) electrons. The number of ether oxygens (including phenoxy) is 3. The molecule has 2 rings (SSSR count). The van der Waals surface area contributed by atoms with Gasteiger partial charge in [-0.3, -0.25) is 0 Å². The number of nitrogens with zero attached hydrogens (tertiary/aromatic N) is 1. The Morgan fingerprint density at radius 3 is 2.72 bits per heavy atom. The van der Waals surface area contributed by atoms with E-state index in [2.05, 4.69) is 9.71 Å². The van der Waals surface area contributed by atoms with Gasteiger partial charge < -0.3 is 14.2 Å². The van der Waals surface area contributed by atoms with Crippen LogP contribution in [0.1, 0.15) is 51.6 Å². The van der Waals surface area contributed by atoms with Crippen LogP contribution < -0.4 is 9.46 Å². The summed E-state index contributed by atoms with van der Waals surface area (Å²) in [6.07, 6.45) is 2.84. The second kappa shape index (κ2) is 9.02. The van der Waals surface area contributed by atoms with E-state index in [0.717, 1.165) is 12.6 Å². The molecule has 8 heteroatoms. The largest absolute Gasteiger partial charge is 0.481 e. The summed E-state index contributed by atoms with van der Waals surface area (Å²) in [6.45, 7) is 6.97. The van der Waals surface area contributed by atoms with Crippen LogP contribution in [0, 0.1) is 5.82 Å². The standard InChI is InChI=1S/C17H27FN2O4S/c1-17(2,3)25(21)20-14(6-7-15-23-8-5-9-24-15)13-10-12(18)11-19-16(13)22-4/h10-11,14-15,20H,5-9H2,1-4H3/t14-,25-/m1/s1. The number of methoxy groups -OCH3 is 1. The summed E-state index contributed by atoms with van der Waals surface area (Å²) in [5.74, 6) is -0.149. The molecule has 1 aliphatic rings. The van der Waals surface area contributed by atoms with Crippen molar-refractivity contribution in [2.45, 2.75) is 57.1 Å². The van der Waals surface area contributed by atoms with E-state index < -0.39 is 27.6 Å². The van der Waals surface area contributed by atoms with Crippen molar-refractivity contribution in [1.82, 2.24) is 9.71 Å². The van der Waals surface area contributed by atoms with Crippen molar-refractivity contribution in [3.8, 4) is 5.88 Å². The Morgan fingerprint density at radius 2 is 2.12 bits per heavy atom. The maximum absolute atomic E-state index is 13.7. The highest BCUT2D eigenvalue weighted by Gasteiger charge is 2.27. The van der Waals surface area contributed by atoms with Crippen LogP contribution in [-0.2, 0) is 20.5 Å². The van der Waals surface area contributed by atoms with Crippen LogP contribution in [-0.4, -0.2) is 40.6 Å². The summed E-state index contributed by atoms with van der Waals surface area (Å²) in [6, 6.07) is 0.971. The van der Waals surface area contributed by atoms with Crippen LogP contribution in [0.3, 0.4) is 0 Å². The van der Waals surface area contributed by atoms with Gasteiger partial charge in [0.1, 0.15) is 5.82 Å². The molecule has 1 aliphatic heterocycles. The Morgan fingerprint density at radius 1 is 1.44 bits per heavy atom. The molecule has 1 aromatic heterocycles. The minimum Gasteiger partial charge on any atom is -0.481 e. The Balaban J connectivity index is 2.18. The molecular formula is C17H27FN2O4S. The van der Waals surface area contributed by atoms with E-state index in [9.17, 15) is 8.60 Å². The Hall–Kier alpha value is -1.09. The van der Waals surface area contributed by atoms with Crippen molar-refractivity contribution in [3.05, 3.63) is 23.6 Å². The van der Waals surface area contributed by atoms with Crippen LogP contribution in [0.2, 0.25) is 0 Å². The van der Waals surface area contributed by atoms with Crippen molar-refractivity contribution in [2.24, 2.45) is 0 Å². The summed E-state index contributed by atoms with van der Waals surface area (Å²) in [7, 11) is 0.152. The zero-order valence-electron chi connectivity index (χ0n) is 15.2. The van der Waals surface area contributed by atoms with Crippen LogP contribution in [0.15, 0.2) is 12.3 Å². The fourth-order valence-corrected chi connectivity index (χ4v) is 3.31. The topological polar surface area (TPSA) is 69.7 Å². The molecule has 142 valence electrons. The first-order chi connectivity index (χ1) is 11.8. The fraction of sp³-hybridized carbons (Fsp3) is 0.706.